The van der Waals surface area contributed by atoms with E-state index in [1.165, 1.54) is 4.90 Å². The number of amides is 1. The largest absolute Gasteiger partial charge is 0.482 e. The van der Waals surface area contributed by atoms with E-state index < -0.39 is 11.3 Å². The number of benzene rings is 1. The van der Waals surface area contributed by atoms with Crippen molar-refractivity contribution < 1.29 is 23.5 Å². The Kier molecular flexibility index (Phi) is 6.47. The standard InChI is InChI=1S/C21H23NO6/c1-2-26-21(25)16-9-6-10-22(12-16)20(24)18-11-17(23)19(14-28-18)27-13-15-7-4-3-5-8-15/h3-5,7-8,11,14,16H,2,6,9-10,12-13H2,1H3. The topological polar surface area (TPSA) is 86.0 Å². The summed E-state index contributed by atoms with van der Waals surface area (Å²) in [5, 5.41) is 0. The van der Waals surface area contributed by atoms with Crippen LogP contribution >= 0.6 is 0 Å². The van der Waals surface area contributed by atoms with E-state index in [1.54, 1.807) is 6.92 Å². The molecule has 1 aromatic carbocycles. The Morgan fingerprint density at radius 3 is 2.75 bits per heavy atom. The van der Waals surface area contributed by atoms with Crippen LogP contribution in [0.5, 0.6) is 5.75 Å². The van der Waals surface area contributed by atoms with Gasteiger partial charge in [-0.25, -0.2) is 0 Å². The van der Waals surface area contributed by atoms with Crippen LogP contribution in [0.15, 0.2) is 51.9 Å². The first kappa shape index (κ1) is 19.7. The fraction of sp³-hybridized carbons (Fsp3) is 0.381. The molecule has 0 N–H and O–H groups in total. The van der Waals surface area contributed by atoms with Crippen molar-refractivity contribution in [3.63, 3.8) is 0 Å². The average molecular weight is 385 g/mol. The number of piperidine rings is 1. The van der Waals surface area contributed by atoms with Gasteiger partial charge in [0.2, 0.25) is 11.2 Å². The number of likely N-dealkylation sites (tertiary alicyclic amines) is 1. The SMILES string of the molecule is CCOC(=O)C1CCCN(C(=O)c2cc(=O)c(OCc3ccccc3)co2)C1. The quantitative estimate of drug-likeness (QED) is 0.711. The molecule has 1 aliphatic heterocycles. The smallest absolute Gasteiger partial charge is 0.310 e. The minimum absolute atomic E-state index is 0.0449. The van der Waals surface area contributed by atoms with E-state index in [0.717, 1.165) is 17.9 Å². The van der Waals surface area contributed by atoms with Gasteiger partial charge in [0.15, 0.2) is 5.76 Å². The molecule has 1 atom stereocenters. The van der Waals surface area contributed by atoms with Crippen molar-refractivity contribution in [2.24, 2.45) is 5.92 Å². The molecule has 1 amide bonds. The van der Waals surface area contributed by atoms with Crippen LogP contribution in [0.2, 0.25) is 0 Å². The summed E-state index contributed by atoms with van der Waals surface area (Å²) >= 11 is 0. The first-order chi connectivity index (χ1) is 13.6. The third kappa shape index (κ3) is 4.79. The first-order valence-corrected chi connectivity index (χ1v) is 9.34. The summed E-state index contributed by atoms with van der Waals surface area (Å²) in [7, 11) is 0. The summed E-state index contributed by atoms with van der Waals surface area (Å²) in [6.07, 6.45) is 2.53. The molecule has 0 bridgehead atoms. The molecule has 1 fully saturated rings. The lowest BCUT2D eigenvalue weighted by Gasteiger charge is -2.31. The van der Waals surface area contributed by atoms with Crippen LogP contribution in [0.4, 0.5) is 0 Å². The number of rotatable bonds is 6. The van der Waals surface area contributed by atoms with Crippen molar-refractivity contribution in [3.8, 4) is 5.75 Å². The van der Waals surface area contributed by atoms with Crippen LogP contribution in [0.1, 0.15) is 35.9 Å². The molecular formula is C21H23NO6. The predicted molar refractivity (Wildman–Crippen MR) is 101 cm³/mol. The minimum Gasteiger partial charge on any atom is -0.482 e. The average Bonchev–Trinajstić information content (AvgIpc) is 2.73. The molecule has 2 aromatic rings. The second kappa shape index (κ2) is 9.21. The molecule has 1 aromatic heterocycles. The number of carbonyl (C=O) groups is 2. The van der Waals surface area contributed by atoms with Crippen molar-refractivity contribution in [1.82, 2.24) is 4.90 Å². The maximum Gasteiger partial charge on any atom is 0.310 e. The maximum atomic E-state index is 12.7. The molecular weight excluding hydrogens is 362 g/mol. The highest BCUT2D eigenvalue weighted by Gasteiger charge is 2.30. The first-order valence-electron chi connectivity index (χ1n) is 9.34. The van der Waals surface area contributed by atoms with E-state index >= 15 is 0 Å². The summed E-state index contributed by atoms with van der Waals surface area (Å²) in [5.74, 6) is -1.09. The van der Waals surface area contributed by atoms with Crippen LogP contribution in [0.3, 0.4) is 0 Å². The lowest BCUT2D eigenvalue weighted by Crippen LogP contribution is -2.43. The predicted octanol–water partition coefficient (Wildman–Crippen LogP) is 2.63. The Labute approximate surface area is 162 Å². The van der Waals surface area contributed by atoms with E-state index in [1.807, 2.05) is 30.3 Å². The normalized spacial score (nSPS) is 16.5. The van der Waals surface area contributed by atoms with Crippen molar-refractivity contribution in [3.05, 3.63) is 64.2 Å². The van der Waals surface area contributed by atoms with Gasteiger partial charge in [-0.2, -0.15) is 0 Å². The third-order valence-corrected chi connectivity index (χ3v) is 4.57. The van der Waals surface area contributed by atoms with Crippen LogP contribution < -0.4 is 10.2 Å². The number of carbonyl (C=O) groups excluding carboxylic acids is 2. The molecule has 2 heterocycles. The van der Waals surface area contributed by atoms with Gasteiger partial charge < -0.3 is 18.8 Å². The Balaban J connectivity index is 1.64. The second-order valence-corrected chi connectivity index (χ2v) is 6.59. The summed E-state index contributed by atoms with van der Waals surface area (Å²) in [6.45, 7) is 3.05. The van der Waals surface area contributed by atoms with E-state index in [2.05, 4.69) is 0 Å². The third-order valence-electron chi connectivity index (χ3n) is 4.57. The zero-order valence-electron chi connectivity index (χ0n) is 15.8. The van der Waals surface area contributed by atoms with Gasteiger partial charge in [0.1, 0.15) is 12.9 Å². The number of ether oxygens (including phenoxy) is 2. The molecule has 0 saturated carbocycles. The lowest BCUT2D eigenvalue weighted by molar-refractivity contribution is -0.149. The summed E-state index contributed by atoms with van der Waals surface area (Å²) in [5.41, 5.74) is 0.491. The van der Waals surface area contributed by atoms with E-state index in [0.29, 0.717) is 26.0 Å². The lowest BCUT2D eigenvalue weighted by atomic mass is 9.98. The molecule has 148 valence electrons. The highest BCUT2D eigenvalue weighted by molar-refractivity contribution is 5.91. The van der Waals surface area contributed by atoms with Gasteiger partial charge in [0, 0.05) is 19.2 Å². The number of hydrogen-bond donors (Lipinski definition) is 0. The molecule has 1 unspecified atom stereocenters. The van der Waals surface area contributed by atoms with E-state index in [-0.39, 0.29) is 36.5 Å². The molecule has 7 heteroatoms. The van der Waals surface area contributed by atoms with Crippen molar-refractivity contribution >= 4 is 11.9 Å². The molecule has 3 rings (SSSR count). The highest BCUT2D eigenvalue weighted by Crippen LogP contribution is 2.20. The highest BCUT2D eigenvalue weighted by atomic mass is 16.5. The molecule has 7 nitrogen and oxygen atoms in total. The van der Waals surface area contributed by atoms with Gasteiger partial charge in [-0.05, 0) is 25.3 Å². The summed E-state index contributed by atoms with van der Waals surface area (Å²) < 4.78 is 15.9. The Bertz CT molecular complexity index is 876. The molecule has 28 heavy (non-hydrogen) atoms. The van der Waals surface area contributed by atoms with E-state index in [9.17, 15) is 14.4 Å². The molecule has 0 spiro atoms. The van der Waals surface area contributed by atoms with Gasteiger partial charge >= 0.3 is 5.97 Å². The van der Waals surface area contributed by atoms with Crippen molar-refractivity contribution in [2.75, 3.05) is 19.7 Å². The maximum absolute atomic E-state index is 12.7. The zero-order chi connectivity index (χ0) is 19.9. The Morgan fingerprint density at radius 2 is 2.04 bits per heavy atom. The van der Waals surface area contributed by atoms with Gasteiger partial charge in [-0.1, -0.05) is 30.3 Å². The molecule has 0 radical (unpaired) electrons. The van der Waals surface area contributed by atoms with E-state index in [4.69, 9.17) is 13.9 Å². The van der Waals surface area contributed by atoms with Crippen LogP contribution in [0, 0.1) is 5.92 Å². The summed E-state index contributed by atoms with van der Waals surface area (Å²) in [4.78, 5) is 38.4. The number of esters is 1. The van der Waals surface area contributed by atoms with Crippen molar-refractivity contribution in [1.29, 1.82) is 0 Å². The number of hydrogen-bond acceptors (Lipinski definition) is 6. The second-order valence-electron chi connectivity index (χ2n) is 6.59. The summed E-state index contributed by atoms with van der Waals surface area (Å²) in [6, 6.07) is 10.6. The minimum atomic E-state index is -0.426. The molecule has 1 aliphatic rings. The van der Waals surface area contributed by atoms with Crippen LogP contribution in [-0.4, -0.2) is 36.5 Å². The van der Waals surface area contributed by atoms with Crippen LogP contribution in [-0.2, 0) is 16.1 Å². The van der Waals surface area contributed by atoms with Crippen molar-refractivity contribution in [2.45, 2.75) is 26.4 Å². The monoisotopic (exact) mass is 385 g/mol. The molecule has 1 saturated heterocycles. The van der Waals surface area contributed by atoms with Crippen LogP contribution in [0.25, 0.3) is 0 Å². The van der Waals surface area contributed by atoms with Gasteiger partial charge in [-0.15, -0.1) is 0 Å². The fourth-order valence-corrected chi connectivity index (χ4v) is 3.12. The van der Waals surface area contributed by atoms with Gasteiger partial charge in [0.25, 0.3) is 5.91 Å². The fourth-order valence-electron chi connectivity index (χ4n) is 3.12. The Hall–Kier alpha value is -3.09. The van der Waals surface area contributed by atoms with Gasteiger partial charge in [0.05, 0.1) is 12.5 Å². The zero-order valence-corrected chi connectivity index (χ0v) is 15.8. The van der Waals surface area contributed by atoms with Gasteiger partial charge in [-0.3, -0.25) is 14.4 Å². The number of nitrogens with zero attached hydrogens (tertiary/aromatic N) is 1. The molecule has 0 aliphatic carbocycles. The Morgan fingerprint density at radius 1 is 1.25 bits per heavy atom.